The van der Waals surface area contributed by atoms with Gasteiger partial charge < -0.3 is 10.1 Å². The first-order valence-corrected chi connectivity index (χ1v) is 6.11. The monoisotopic (exact) mass is 208 g/mol. The standard InChI is InChI=1S/C12H20N2O/c13-8-11-2-1-3-12(11)14-6-7-15-9-10-4-5-10/h10-12,14H,1-7,9H2. The van der Waals surface area contributed by atoms with Crippen LogP contribution in [0.4, 0.5) is 0 Å². The van der Waals surface area contributed by atoms with Gasteiger partial charge in [-0.05, 0) is 31.6 Å². The lowest BCUT2D eigenvalue weighted by Gasteiger charge is -2.15. The zero-order valence-corrected chi connectivity index (χ0v) is 9.24. The largest absolute Gasteiger partial charge is 0.380 e. The normalized spacial score (nSPS) is 30.3. The van der Waals surface area contributed by atoms with Crippen LogP contribution in [0.15, 0.2) is 0 Å². The van der Waals surface area contributed by atoms with E-state index in [4.69, 9.17) is 10.00 Å². The molecule has 2 aliphatic rings. The van der Waals surface area contributed by atoms with Crippen LogP contribution in [0.2, 0.25) is 0 Å². The zero-order valence-electron chi connectivity index (χ0n) is 9.24. The maximum Gasteiger partial charge on any atom is 0.0672 e. The third-order valence-electron chi connectivity index (χ3n) is 3.39. The molecular weight excluding hydrogens is 188 g/mol. The molecule has 0 saturated heterocycles. The molecule has 2 atom stereocenters. The van der Waals surface area contributed by atoms with Gasteiger partial charge in [-0.3, -0.25) is 0 Å². The van der Waals surface area contributed by atoms with Gasteiger partial charge in [-0.1, -0.05) is 6.42 Å². The fraction of sp³-hybridized carbons (Fsp3) is 0.917. The van der Waals surface area contributed by atoms with Gasteiger partial charge >= 0.3 is 0 Å². The second-order valence-electron chi connectivity index (χ2n) is 4.75. The zero-order chi connectivity index (χ0) is 10.5. The van der Waals surface area contributed by atoms with Crippen LogP contribution in [0.25, 0.3) is 0 Å². The Morgan fingerprint density at radius 1 is 1.27 bits per heavy atom. The van der Waals surface area contributed by atoms with E-state index in [1.54, 1.807) is 0 Å². The highest BCUT2D eigenvalue weighted by molar-refractivity contribution is 4.96. The predicted molar refractivity (Wildman–Crippen MR) is 58.3 cm³/mol. The van der Waals surface area contributed by atoms with Gasteiger partial charge in [0, 0.05) is 19.2 Å². The van der Waals surface area contributed by atoms with Crippen molar-refractivity contribution in [2.24, 2.45) is 11.8 Å². The Balaban J connectivity index is 1.51. The molecule has 2 fully saturated rings. The minimum absolute atomic E-state index is 0.230. The van der Waals surface area contributed by atoms with Crippen molar-refractivity contribution in [3.8, 4) is 6.07 Å². The smallest absolute Gasteiger partial charge is 0.0672 e. The highest BCUT2D eigenvalue weighted by Crippen LogP contribution is 2.28. The van der Waals surface area contributed by atoms with Crippen molar-refractivity contribution in [3.05, 3.63) is 0 Å². The van der Waals surface area contributed by atoms with Crippen molar-refractivity contribution < 1.29 is 4.74 Å². The molecule has 0 aromatic heterocycles. The molecule has 0 spiro atoms. The lowest BCUT2D eigenvalue weighted by atomic mass is 10.1. The van der Waals surface area contributed by atoms with E-state index >= 15 is 0 Å². The van der Waals surface area contributed by atoms with E-state index in [9.17, 15) is 0 Å². The highest BCUT2D eigenvalue weighted by atomic mass is 16.5. The van der Waals surface area contributed by atoms with E-state index in [0.717, 1.165) is 38.5 Å². The highest BCUT2D eigenvalue weighted by Gasteiger charge is 2.26. The molecule has 2 unspecified atom stereocenters. The van der Waals surface area contributed by atoms with E-state index in [-0.39, 0.29) is 5.92 Å². The summed E-state index contributed by atoms with van der Waals surface area (Å²) in [5.74, 6) is 1.08. The predicted octanol–water partition coefficient (Wildman–Crippen LogP) is 1.69. The van der Waals surface area contributed by atoms with Gasteiger partial charge in [0.2, 0.25) is 0 Å². The van der Waals surface area contributed by atoms with Crippen LogP contribution in [0.3, 0.4) is 0 Å². The fourth-order valence-electron chi connectivity index (χ4n) is 2.21. The Labute approximate surface area is 91.8 Å². The summed E-state index contributed by atoms with van der Waals surface area (Å²) in [6, 6.07) is 2.80. The Morgan fingerprint density at radius 2 is 2.13 bits per heavy atom. The van der Waals surface area contributed by atoms with Gasteiger partial charge in [0.15, 0.2) is 0 Å². The second-order valence-corrected chi connectivity index (χ2v) is 4.75. The fourth-order valence-corrected chi connectivity index (χ4v) is 2.21. The van der Waals surface area contributed by atoms with E-state index < -0.39 is 0 Å². The number of nitrogens with one attached hydrogen (secondary N) is 1. The third-order valence-corrected chi connectivity index (χ3v) is 3.39. The summed E-state index contributed by atoms with van der Waals surface area (Å²) in [5.41, 5.74) is 0. The Bertz CT molecular complexity index is 232. The van der Waals surface area contributed by atoms with Crippen molar-refractivity contribution in [2.45, 2.75) is 38.1 Å². The number of nitriles is 1. The molecule has 2 saturated carbocycles. The molecule has 3 heteroatoms. The average Bonchev–Trinajstić information content (AvgIpc) is 2.96. The maximum atomic E-state index is 8.90. The van der Waals surface area contributed by atoms with Gasteiger partial charge in [0.1, 0.15) is 0 Å². The molecule has 3 nitrogen and oxygen atoms in total. The van der Waals surface area contributed by atoms with Crippen LogP contribution in [0.1, 0.15) is 32.1 Å². The molecule has 0 heterocycles. The van der Waals surface area contributed by atoms with Gasteiger partial charge in [0.05, 0.1) is 18.6 Å². The molecule has 0 aromatic rings. The summed E-state index contributed by atoms with van der Waals surface area (Å²) in [5, 5.41) is 12.3. The van der Waals surface area contributed by atoms with Crippen molar-refractivity contribution >= 4 is 0 Å². The van der Waals surface area contributed by atoms with Crippen LogP contribution in [0, 0.1) is 23.2 Å². The summed E-state index contributed by atoms with van der Waals surface area (Å²) in [7, 11) is 0. The van der Waals surface area contributed by atoms with Gasteiger partial charge in [-0.15, -0.1) is 0 Å². The molecule has 84 valence electrons. The lowest BCUT2D eigenvalue weighted by Crippen LogP contribution is -2.34. The molecule has 2 rings (SSSR count). The minimum atomic E-state index is 0.230. The summed E-state index contributed by atoms with van der Waals surface area (Å²) in [6.45, 7) is 2.63. The topological polar surface area (TPSA) is 45.0 Å². The first kappa shape index (κ1) is 10.9. The summed E-state index contributed by atoms with van der Waals surface area (Å²) < 4.78 is 5.54. The van der Waals surface area contributed by atoms with Crippen LogP contribution < -0.4 is 5.32 Å². The summed E-state index contributed by atoms with van der Waals surface area (Å²) >= 11 is 0. The molecule has 0 aromatic carbocycles. The van der Waals surface area contributed by atoms with Gasteiger partial charge in [-0.2, -0.15) is 5.26 Å². The van der Waals surface area contributed by atoms with Crippen molar-refractivity contribution in [1.29, 1.82) is 5.26 Å². The number of nitrogens with zero attached hydrogens (tertiary/aromatic N) is 1. The summed E-state index contributed by atoms with van der Waals surface area (Å²) in [6.07, 6.45) is 6.12. The van der Waals surface area contributed by atoms with Crippen LogP contribution >= 0.6 is 0 Å². The van der Waals surface area contributed by atoms with Crippen LogP contribution in [-0.4, -0.2) is 25.8 Å². The quantitative estimate of drug-likeness (QED) is 0.676. The molecule has 0 radical (unpaired) electrons. The van der Waals surface area contributed by atoms with E-state index in [0.29, 0.717) is 6.04 Å². The van der Waals surface area contributed by atoms with Gasteiger partial charge in [0.25, 0.3) is 0 Å². The molecule has 2 aliphatic carbocycles. The number of ether oxygens (including phenoxy) is 1. The average molecular weight is 208 g/mol. The second kappa shape index (κ2) is 5.48. The summed E-state index contributed by atoms with van der Waals surface area (Å²) in [4.78, 5) is 0. The molecular formula is C12H20N2O. The third kappa shape index (κ3) is 3.48. The van der Waals surface area contributed by atoms with E-state index in [2.05, 4.69) is 11.4 Å². The number of rotatable bonds is 6. The van der Waals surface area contributed by atoms with Crippen LogP contribution in [-0.2, 0) is 4.74 Å². The first-order valence-electron chi connectivity index (χ1n) is 6.11. The molecule has 1 N–H and O–H groups in total. The Morgan fingerprint density at radius 3 is 2.87 bits per heavy atom. The molecule has 0 aliphatic heterocycles. The maximum absolute atomic E-state index is 8.90. The van der Waals surface area contributed by atoms with E-state index in [1.807, 2.05) is 0 Å². The Kier molecular flexibility index (Phi) is 3.99. The number of hydrogen-bond acceptors (Lipinski definition) is 3. The Hall–Kier alpha value is -0.590. The van der Waals surface area contributed by atoms with Gasteiger partial charge in [-0.25, -0.2) is 0 Å². The molecule has 0 amide bonds. The SMILES string of the molecule is N#CC1CCCC1NCCOCC1CC1. The van der Waals surface area contributed by atoms with Crippen molar-refractivity contribution in [2.75, 3.05) is 19.8 Å². The molecule has 15 heavy (non-hydrogen) atoms. The minimum Gasteiger partial charge on any atom is -0.380 e. The van der Waals surface area contributed by atoms with Crippen LogP contribution in [0.5, 0.6) is 0 Å². The van der Waals surface area contributed by atoms with Crippen molar-refractivity contribution in [3.63, 3.8) is 0 Å². The number of hydrogen-bond donors (Lipinski definition) is 1. The van der Waals surface area contributed by atoms with Crippen molar-refractivity contribution in [1.82, 2.24) is 5.32 Å². The first-order chi connectivity index (χ1) is 7.40. The molecule has 0 bridgehead atoms. The lowest BCUT2D eigenvalue weighted by molar-refractivity contribution is 0.123. The van der Waals surface area contributed by atoms with E-state index in [1.165, 1.54) is 19.3 Å².